The second kappa shape index (κ2) is 5.60. The minimum atomic E-state index is 0.471. The van der Waals surface area contributed by atoms with E-state index in [1.54, 1.807) is 7.11 Å². The number of ether oxygens (including phenoxy) is 1. The maximum atomic E-state index is 4.95. The highest BCUT2D eigenvalue weighted by atomic mass is 16.5. The third-order valence-electron chi connectivity index (χ3n) is 1.97. The van der Waals surface area contributed by atoms with Crippen LogP contribution in [0.1, 0.15) is 25.5 Å². The molecule has 0 aliphatic heterocycles. The summed E-state index contributed by atoms with van der Waals surface area (Å²) in [5.41, 5.74) is 1.12. The fourth-order valence-electron chi connectivity index (χ4n) is 1.15. The molecule has 0 aromatic carbocycles. The minimum Gasteiger partial charge on any atom is -0.383 e. The molecule has 1 N–H and O–H groups in total. The van der Waals surface area contributed by atoms with Crippen molar-refractivity contribution in [1.82, 2.24) is 4.98 Å². The van der Waals surface area contributed by atoms with E-state index in [1.165, 1.54) is 0 Å². The number of nitrogens with zero attached hydrogens (tertiary/aromatic N) is 1. The molecule has 0 fully saturated rings. The summed E-state index contributed by atoms with van der Waals surface area (Å²) >= 11 is 0. The first-order chi connectivity index (χ1) is 6.74. The van der Waals surface area contributed by atoms with Gasteiger partial charge in [-0.1, -0.05) is 19.9 Å². The monoisotopic (exact) mass is 194 g/mol. The maximum Gasteiger partial charge on any atom is 0.126 e. The van der Waals surface area contributed by atoms with Gasteiger partial charge < -0.3 is 10.1 Å². The van der Waals surface area contributed by atoms with Crippen LogP contribution in [0, 0.1) is 0 Å². The summed E-state index contributed by atoms with van der Waals surface area (Å²) in [6.07, 6.45) is 0. The Morgan fingerprint density at radius 1 is 1.43 bits per heavy atom. The van der Waals surface area contributed by atoms with Crippen LogP contribution in [0.15, 0.2) is 18.2 Å². The SMILES string of the molecule is COCCNc1cccc(C(C)C)n1. The molecule has 0 spiro atoms. The van der Waals surface area contributed by atoms with E-state index in [0.717, 1.165) is 18.1 Å². The van der Waals surface area contributed by atoms with E-state index in [9.17, 15) is 0 Å². The van der Waals surface area contributed by atoms with E-state index in [0.29, 0.717) is 12.5 Å². The number of nitrogens with one attached hydrogen (secondary N) is 1. The molecule has 1 aromatic heterocycles. The van der Waals surface area contributed by atoms with Crippen molar-refractivity contribution in [3.8, 4) is 0 Å². The second-order valence-corrected chi connectivity index (χ2v) is 3.52. The predicted octanol–water partition coefficient (Wildman–Crippen LogP) is 2.26. The molecule has 0 amide bonds. The Labute approximate surface area is 85.5 Å². The number of rotatable bonds is 5. The molecule has 0 bridgehead atoms. The fourth-order valence-corrected chi connectivity index (χ4v) is 1.15. The average Bonchev–Trinajstić information content (AvgIpc) is 2.19. The average molecular weight is 194 g/mol. The summed E-state index contributed by atoms with van der Waals surface area (Å²) in [5.74, 6) is 1.40. The molecule has 0 atom stereocenters. The molecular weight excluding hydrogens is 176 g/mol. The lowest BCUT2D eigenvalue weighted by molar-refractivity contribution is 0.210. The molecule has 0 saturated heterocycles. The Kier molecular flexibility index (Phi) is 4.40. The second-order valence-electron chi connectivity index (χ2n) is 3.52. The van der Waals surface area contributed by atoms with Crippen LogP contribution in [0.5, 0.6) is 0 Å². The van der Waals surface area contributed by atoms with Gasteiger partial charge in [-0.15, -0.1) is 0 Å². The van der Waals surface area contributed by atoms with Crippen molar-refractivity contribution >= 4 is 5.82 Å². The van der Waals surface area contributed by atoms with Crippen LogP contribution >= 0.6 is 0 Å². The highest BCUT2D eigenvalue weighted by molar-refractivity contribution is 5.35. The zero-order valence-electron chi connectivity index (χ0n) is 9.08. The van der Waals surface area contributed by atoms with Gasteiger partial charge >= 0.3 is 0 Å². The van der Waals surface area contributed by atoms with Crippen LogP contribution < -0.4 is 5.32 Å². The normalized spacial score (nSPS) is 10.6. The van der Waals surface area contributed by atoms with Gasteiger partial charge in [-0.25, -0.2) is 4.98 Å². The molecule has 14 heavy (non-hydrogen) atoms. The molecule has 0 aliphatic rings. The lowest BCUT2D eigenvalue weighted by Crippen LogP contribution is -2.09. The van der Waals surface area contributed by atoms with Gasteiger partial charge in [0.2, 0.25) is 0 Å². The standard InChI is InChI=1S/C11H18N2O/c1-9(2)10-5-4-6-11(13-10)12-7-8-14-3/h4-6,9H,7-8H2,1-3H3,(H,12,13). The van der Waals surface area contributed by atoms with Gasteiger partial charge in [0.25, 0.3) is 0 Å². The van der Waals surface area contributed by atoms with E-state index in [4.69, 9.17) is 4.74 Å². The van der Waals surface area contributed by atoms with Crippen molar-refractivity contribution in [3.05, 3.63) is 23.9 Å². The number of hydrogen-bond acceptors (Lipinski definition) is 3. The largest absolute Gasteiger partial charge is 0.383 e. The van der Waals surface area contributed by atoms with Crippen LogP contribution in [0.2, 0.25) is 0 Å². The highest BCUT2D eigenvalue weighted by Crippen LogP contribution is 2.13. The smallest absolute Gasteiger partial charge is 0.126 e. The van der Waals surface area contributed by atoms with E-state index in [1.807, 2.05) is 18.2 Å². The maximum absolute atomic E-state index is 4.95. The van der Waals surface area contributed by atoms with Crippen LogP contribution in [0.4, 0.5) is 5.82 Å². The Balaban J connectivity index is 2.55. The Hall–Kier alpha value is -1.09. The van der Waals surface area contributed by atoms with Crippen molar-refractivity contribution in [2.24, 2.45) is 0 Å². The number of aromatic nitrogens is 1. The van der Waals surface area contributed by atoms with Crippen molar-refractivity contribution in [2.75, 3.05) is 25.6 Å². The van der Waals surface area contributed by atoms with Gasteiger partial charge in [-0.3, -0.25) is 0 Å². The molecule has 1 aromatic rings. The van der Waals surface area contributed by atoms with Crippen molar-refractivity contribution < 1.29 is 4.74 Å². The molecule has 1 rings (SSSR count). The molecule has 3 heteroatoms. The molecule has 0 unspecified atom stereocenters. The molecular formula is C11H18N2O. The lowest BCUT2D eigenvalue weighted by atomic mass is 10.1. The van der Waals surface area contributed by atoms with Gasteiger partial charge in [-0.05, 0) is 18.1 Å². The third kappa shape index (κ3) is 3.34. The van der Waals surface area contributed by atoms with Gasteiger partial charge in [0.05, 0.1) is 6.61 Å². The lowest BCUT2D eigenvalue weighted by Gasteiger charge is -2.08. The van der Waals surface area contributed by atoms with Crippen molar-refractivity contribution in [3.63, 3.8) is 0 Å². The van der Waals surface area contributed by atoms with E-state index >= 15 is 0 Å². The van der Waals surface area contributed by atoms with Crippen LogP contribution in [0.3, 0.4) is 0 Å². The summed E-state index contributed by atoms with van der Waals surface area (Å²) in [6, 6.07) is 6.05. The quantitative estimate of drug-likeness (QED) is 0.730. The Morgan fingerprint density at radius 3 is 2.86 bits per heavy atom. The zero-order chi connectivity index (χ0) is 10.4. The third-order valence-corrected chi connectivity index (χ3v) is 1.97. The minimum absolute atomic E-state index is 0.471. The van der Waals surface area contributed by atoms with E-state index in [2.05, 4.69) is 24.1 Å². The Morgan fingerprint density at radius 2 is 2.21 bits per heavy atom. The summed E-state index contributed by atoms with van der Waals surface area (Å²) in [6.45, 7) is 5.78. The van der Waals surface area contributed by atoms with Crippen LogP contribution in [-0.2, 0) is 4.74 Å². The Bertz CT molecular complexity index is 274. The summed E-state index contributed by atoms with van der Waals surface area (Å²) < 4.78 is 4.95. The van der Waals surface area contributed by atoms with Gasteiger partial charge in [0.1, 0.15) is 5.82 Å². The van der Waals surface area contributed by atoms with Gasteiger partial charge in [-0.2, -0.15) is 0 Å². The van der Waals surface area contributed by atoms with Crippen LogP contribution in [-0.4, -0.2) is 25.2 Å². The van der Waals surface area contributed by atoms with Gasteiger partial charge in [0.15, 0.2) is 0 Å². The molecule has 0 saturated carbocycles. The number of methoxy groups -OCH3 is 1. The summed E-state index contributed by atoms with van der Waals surface area (Å²) in [7, 11) is 1.69. The molecule has 3 nitrogen and oxygen atoms in total. The zero-order valence-corrected chi connectivity index (χ0v) is 9.08. The number of pyridine rings is 1. The first-order valence-corrected chi connectivity index (χ1v) is 4.94. The molecule has 0 aliphatic carbocycles. The fraction of sp³-hybridized carbons (Fsp3) is 0.545. The van der Waals surface area contributed by atoms with Crippen molar-refractivity contribution in [2.45, 2.75) is 19.8 Å². The predicted molar refractivity (Wildman–Crippen MR) is 58.7 cm³/mol. The highest BCUT2D eigenvalue weighted by Gasteiger charge is 2.00. The first-order valence-electron chi connectivity index (χ1n) is 4.94. The first kappa shape index (κ1) is 11.0. The van der Waals surface area contributed by atoms with Crippen molar-refractivity contribution in [1.29, 1.82) is 0 Å². The number of anilines is 1. The molecule has 1 heterocycles. The number of hydrogen-bond donors (Lipinski definition) is 1. The van der Waals surface area contributed by atoms with E-state index in [-0.39, 0.29) is 0 Å². The van der Waals surface area contributed by atoms with E-state index < -0.39 is 0 Å². The molecule has 78 valence electrons. The van der Waals surface area contributed by atoms with Crippen LogP contribution in [0.25, 0.3) is 0 Å². The summed E-state index contributed by atoms with van der Waals surface area (Å²) in [5, 5.41) is 3.20. The molecule has 0 radical (unpaired) electrons. The summed E-state index contributed by atoms with van der Waals surface area (Å²) in [4.78, 5) is 4.48. The van der Waals surface area contributed by atoms with Gasteiger partial charge in [0, 0.05) is 19.3 Å². The topological polar surface area (TPSA) is 34.1 Å².